The van der Waals surface area contributed by atoms with Crippen molar-refractivity contribution in [3.63, 3.8) is 0 Å². The Bertz CT molecular complexity index is 453. The van der Waals surface area contributed by atoms with Crippen LogP contribution in [0.3, 0.4) is 0 Å². The van der Waals surface area contributed by atoms with E-state index in [0.29, 0.717) is 23.1 Å². The second kappa shape index (κ2) is 5.48. The number of esters is 1. The number of pyridine rings is 1. The van der Waals surface area contributed by atoms with Crippen molar-refractivity contribution in [2.75, 3.05) is 35.8 Å². The molecule has 0 saturated carbocycles. The lowest BCUT2D eigenvalue weighted by Gasteiger charge is -2.34. The van der Waals surface area contributed by atoms with E-state index in [1.54, 1.807) is 12.3 Å². The van der Waals surface area contributed by atoms with E-state index in [1.165, 1.54) is 7.11 Å². The first kappa shape index (κ1) is 13.0. The van der Waals surface area contributed by atoms with E-state index in [0.717, 1.165) is 18.1 Å². The lowest BCUT2D eigenvalue weighted by atomic mass is 10.2. The average molecular weight is 267 g/mol. The van der Waals surface area contributed by atoms with E-state index in [2.05, 4.69) is 16.8 Å². The molecule has 1 aromatic heterocycles. The average Bonchev–Trinajstić information content (AvgIpc) is 2.39. The zero-order valence-corrected chi connectivity index (χ0v) is 11.4. The molecule has 0 amide bonds. The largest absolute Gasteiger partial charge is 0.465 e. The second-order valence-corrected chi connectivity index (χ2v) is 5.35. The topological polar surface area (TPSA) is 68.5 Å². The normalized spacial score (nSPS) is 19.7. The molecule has 1 fully saturated rings. The van der Waals surface area contributed by atoms with Crippen LogP contribution in [0, 0.1) is 0 Å². The van der Waals surface area contributed by atoms with Crippen molar-refractivity contribution in [2.24, 2.45) is 0 Å². The van der Waals surface area contributed by atoms with Crippen LogP contribution in [0.15, 0.2) is 12.3 Å². The smallest absolute Gasteiger partial charge is 0.340 e. The first-order valence-electron chi connectivity index (χ1n) is 5.82. The molecule has 2 heterocycles. The lowest BCUT2D eigenvalue weighted by molar-refractivity contribution is 0.0602. The molecule has 0 spiro atoms. The standard InChI is InChI=1S/C12H17N3O2S/c1-8-7-18-6-5-15(8)11-10(13)9(3-4-14-11)12(16)17-2/h3-4,8H,5-7,13H2,1-2H3. The Morgan fingerprint density at radius 3 is 3.11 bits per heavy atom. The summed E-state index contributed by atoms with van der Waals surface area (Å²) in [5, 5.41) is 0. The van der Waals surface area contributed by atoms with Crippen LogP contribution in [0.25, 0.3) is 0 Å². The summed E-state index contributed by atoms with van der Waals surface area (Å²) in [4.78, 5) is 18.1. The van der Waals surface area contributed by atoms with Crippen LogP contribution < -0.4 is 10.6 Å². The maximum absolute atomic E-state index is 11.6. The molecule has 2 N–H and O–H groups in total. The Kier molecular flexibility index (Phi) is 3.96. The van der Waals surface area contributed by atoms with Crippen molar-refractivity contribution < 1.29 is 9.53 Å². The molecule has 1 unspecified atom stereocenters. The molecule has 18 heavy (non-hydrogen) atoms. The fraction of sp³-hybridized carbons (Fsp3) is 0.500. The van der Waals surface area contributed by atoms with Gasteiger partial charge in [-0.3, -0.25) is 0 Å². The van der Waals surface area contributed by atoms with E-state index in [-0.39, 0.29) is 0 Å². The summed E-state index contributed by atoms with van der Waals surface area (Å²) in [5.41, 5.74) is 6.83. The van der Waals surface area contributed by atoms with Crippen molar-refractivity contribution in [1.82, 2.24) is 4.98 Å². The highest BCUT2D eigenvalue weighted by Gasteiger charge is 2.24. The van der Waals surface area contributed by atoms with Crippen LogP contribution in [0.5, 0.6) is 0 Å². The van der Waals surface area contributed by atoms with Crippen LogP contribution in [-0.2, 0) is 4.74 Å². The Morgan fingerprint density at radius 1 is 1.67 bits per heavy atom. The number of carbonyl (C=O) groups excluding carboxylic acids is 1. The highest BCUT2D eigenvalue weighted by atomic mass is 32.2. The number of rotatable bonds is 2. The Labute approximate surface area is 111 Å². The monoisotopic (exact) mass is 267 g/mol. The van der Waals surface area contributed by atoms with Gasteiger partial charge in [-0.2, -0.15) is 11.8 Å². The third-order valence-electron chi connectivity index (χ3n) is 3.01. The van der Waals surface area contributed by atoms with Gasteiger partial charge in [0.05, 0.1) is 18.4 Å². The molecule has 1 atom stereocenters. The number of ether oxygens (including phenoxy) is 1. The summed E-state index contributed by atoms with van der Waals surface area (Å²) >= 11 is 1.92. The molecule has 0 aliphatic carbocycles. The van der Waals surface area contributed by atoms with Gasteiger partial charge in [0.2, 0.25) is 0 Å². The molecule has 1 aliphatic heterocycles. The van der Waals surface area contributed by atoms with Gasteiger partial charge in [-0.05, 0) is 13.0 Å². The minimum Gasteiger partial charge on any atom is -0.465 e. The van der Waals surface area contributed by atoms with Gasteiger partial charge >= 0.3 is 5.97 Å². The lowest BCUT2D eigenvalue weighted by Crippen LogP contribution is -2.41. The SMILES string of the molecule is COC(=O)c1ccnc(N2CCSCC2C)c1N. The van der Waals surface area contributed by atoms with Gasteiger partial charge in [0.1, 0.15) is 0 Å². The summed E-state index contributed by atoms with van der Waals surface area (Å²) in [7, 11) is 1.35. The summed E-state index contributed by atoms with van der Waals surface area (Å²) in [5.74, 6) is 2.36. The van der Waals surface area contributed by atoms with Crippen molar-refractivity contribution in [3.8, 4) is 0 Å². The molecule has 1 saturated heterocycles. The molecular weight excluding hydrogens is 250 g/mol. The number of hydrogen-bond donors (Lipinski definition) is 1. The first-order valence-corrected chi connectivity index (χ1v) is 6.97. The first-order chi connectivity index (χ1) is 8.65. The fourth-order valence-electron chi connectivity index (χ4n) is 2.02. The van der Waals surface area contributed by atoms with Crippen LogP contribution in [0.4, 0.5) is 11.5 Å². The number of aromatic nitrogens is 1. The zero-order valence-electron chi connectivity index (χ0n) is 10.5. The van der Waals surface area contributed by atoms with E-state index in [4.69, 9.17) is 10.5 Å². The van der Waals surface area contributed by atoms with E-state index in [1.807, 2.05) is 11.8 Å². The van der Waals surface area contributed by atoms with Crippen LogP contribution in [-0.4, -0.2) is 42.2 Å². The third kappa shape index (κ3) is 2.38. The molecule has 1 aromatic rings. The maximum Gasteiger partial charge on any atom is 0.340 e. The van der Waals surface area contributed by atoms with Crippen LogP contribution >= 0.6 is 11.8 Å². The minimum atomic E-state index is -0.421. The molecular formula is C12H17N3O2S. The minimum absolute atomic E-state index is 0.367. The van der Waals surface area contributed by atoms with Gasteiger partial charge in [0, 0.05) is 30.3 Å². The summed E-state index contributed by atoms with van der Waals surface area (Å²) in [6.45, 7) is 3.03. The number of nitrogens with two attached hydrogens (primary N) is 1. The van der Waals surface area contributed by atoms with Gasteiger partial charge in [-0.15, -0.1) is 0 Å². The number of hydrogen-bond acceptors (Lipinski definition) is 6. The number of methoxy groups -OCH3 is 1. The summed E-state index contributed by atoms with van der Waals surface area (Å²) < 4.78 is 4.72. The zero-order chi connectivity index (χ0) is 13.1. The maximum atomic E-state index is 11.6. The second-order valence-electron chi connectivity index (χ2n) is 4.20. The summed E-state index contributed by atoms with van der Waals surface area (Å²) in [6.07, 6.45) is 1.60. The van der Waals surface area contributed by atoms with Gasteiger partial charge in [-0.25, -0.2) is 9.78 Å². The van der Waals surface area contributed by atoms with E-state index in [9.17, 15) is 4.79 Å². The molecule has 0 aromatic carbocycles. The molecule has 98 valence electrons. The fourth-order valence-corrected chi connectivity index (χ4v) is 3.03. The van der Waals surface area contributed by atoms with Gasteiger partial charge in [0.15, 0.2) is 5.82 Å². The molecule has 0 bridgehead atoms. The van der Waals surface area contributed by atoms with Crippen LogP contribution in [0.1, 0.15) is 17.3 Å². The van der Waals surface area contributed by atoms with E-state index < -0.39 is 5.97 Å². The van der Waals surface area contributed by atoms with Crippen LogP contribution in [0.2, 0.25) is 0 Å². The molecule has 5 nitrogen and oxygen atoms in total. The molecule has 6 heteroatoms. The number of anilines is 2. The molecule has 0 radical (unpaired) electrons. The Hall–Kier alpha value is -1.43. The summed E-state index contributed by atoms with van der Waals surface area (Å²) in [6, 6.07) is 1.96. The Morgan fingerprint density at radius 2 is 2.44 bits per heavy atom. The Balaban J connectivity index is 2.36. The number of nitrogen functional groups attached to an aromatic ring is 1. The van der Waals surface area contributed by atoms with Crippen molar-refractivity contribution in [2.45, 2.75) is 13.0 Å². The predicted molar refractivity (Wildman–Crippen MR) is 74.1 cm³/mol. The van der Waals surface area contributed by atoms with E-state index >= 15 is 0 Å². The van der Waals surface area contributed by atoms with Crippen molar-refractivity contribution in [3.05, 3.63) is 17.8 Å². The van der Waals surface area contributed by atoms with Crippen molar-refractivity contribution >= 4 is 29.2 Å². The van der Waals surface area contributed by atoms with Gasteiger partial charge in [0.25, 0.3) is 0 Å². The quantitative estimate of drug-likeness (QED) is 0.817. The highest BCUT2D eigenvalue weighted by molar-refractivity contribution is 7.99. The highest BCUT2D eigenvalue weighted by Crippen LogP contribution is 2.29. The molecule has 2 rings (SSSR count). The predicted octanol–water partition coefficient (Wildman–Crippen LogP) is 1.39. The van der Waals surface area contributed by atoms with Crippen molar-refractivity contribution in [1.29, 1.82) is 0 Å². The number of carbonyl (C=O) groups is 1. The van der Waals surface area contributed by atoms with Gasteiger partial charge < -0.3 is 15.4 Å². The molecule has 1 aliphatic rings. The number of nitrogens with zero attached hydrogens (tertiary/aromatic N) is 2. The third-order valence-corrected chi connectivity index (χ3v) is 4.20. The number of thioether (sulfide) groups is 1. The van der Waals surface area contributed by atoms with Gasteiger partial charge in [-0.1, -0.05) is 0 Å².